The fourth-order valence-corrected chi connectivity index (χ4v) is 3.90. The van der Waals surface area contributed by atoms with Gasteiger partial charge in [0.1, 0.15) is 11.6 Å². The van der Waals surface area contributed by atoms with Gasteiger partial charge in [-0.2, -0.15) is 9.61 Å². The first-order valence-corrected chi connectivity index (χ1v) is 10.7. The van der Waals surface area contributed by atoms with Crippen molar-refractivity contribution in [1.82, 2.24) is 19.6 Å². The molecule has 0 radical (unpaired) electrons. The van der Waals surface area contributed by atoms with Gasteiger partial charge in [-0.15, -0.1) is 0 Å². The van der Waals surface area contributed by atoms with Crippen molar-refractivity contribution >= 4 is 17.3 Å². The highest BCUT2D eigenvalue weighted by atomic mass is 16.3. The minimum atomic E-state index is -0.612. The normalized spacial score (nSPS) is 18.6. The lowest BCUT2D eigenvalue weighted by Crippen LogP contribution is -2.14. The van der Waals surface area contributed by atoms with Crippen molar-refractivity contribution in [2.75, 3.05) is 17.2 Å². The van der Waals surface area contributed by atoms with Gasteiger partial charge in [0.15, 0.2) is 5.65 Å². The number of anilines is 2. The molecule has 0 spiro atoms. The average Bonchev–Trinajstić information content (AvgIpc) is 3.38. The van der Waals surface area contributed by atoms with Gasteiger partial charge in [0.05, 0.1) is 12.3 Å². The largest absolute Gasteiger partial charge is 0.387 e. The predicted octanol–water partition coefficient (Wildman–Crippen LogP) is 4.01. The Morgan fingerprint density at radius 1 is 1.13 bits per heavy atom. The van der Waals surface area contributed by atoms with Gasteiger partial charge in [-0.3, -0.25) is 4.98 Å². The molecular formula is C24H26N6O. The molecule has 1 aromatic carbocycles. The maximum Gasteiger partial charge on any atom is 0.163 e. The number of fused-ring (bicyclic) bond motifs is 1. The molecule has 0 aliphatic heterocycles. The summed E-state index contributed by atoms with van der Waals surface area (Å²) in [5.74, 6) is 2.75. The Morgan fingerprint density at radius 3 is 2.71 bits per heavy atom. The van der Waals surface area contributed by atoms with E-state index in [4.69, 9.17) is 4.98 Å². The molecule has 3 N–H and O–H groups in total. The standard InChI is InChI=1S/C24H26N6O/c1-16-10-19(16)20-14-28-30-23(27-13-17-6-5-9-25-12-17)11-22(29-24(20)30)26-15-21(31)18-7-3-2-4-8-18/h2-9,11-12,14,16,19,21,27,31H,10,13,15H2,1H3,(H,26,29)/t16-,19?,21?/m1/s1. The van der Waals surface area contributed by atoms with Gasteiger partial charge in [-0.25, -0.2) is 4.98 Å². The van der Waals surface area contributed by atoms with Gasteiger partial charge in [-0.05, 0) is 35.4 Å². The van der Waals surface area contributed by atoms with Crippen molar-refractivity contribution < 1.29 is 5.11 Å². The number of nitrogens with one attached hydrogen (secondary N) is 2. The van der Waals surface area contributed by atoms with Crippen molar-refractivity contribution in [2.24, 2.45) is 5.92 Å². The van der Waals surface area contributed by atoms with E-state index in [1.807, 2.05) is 65.4 Å². The molecule has 2 unspecified atom stereocenters. The first-order valence-electron chi connectivity index (χ1n) is 10.7. The summed E-state index contributed by atoms with van der Waals surface area (Å²) in [6, 6.07) is 15.6. The number of benzene rings is 1. The van der Waals surface area contributed by atoms with Crippen LogP contribution in [0.4, 0.5) is 11.6 Å². The van der Waals surface area contributed by atoms with Gasteiger partial charge in [-0.1, -0.05) is 43.3 Å². The quantitative estimate of drug-likeness (QED) is 0.404. The maximum atomic E-state index is 10.5. The lowest BCUT2D eigenvalue weighted by molar-refractivity contribution is 0.191. The van der Waals surface area contributed by atoms with E-state index < -0.39 is 6.10 Å². The van der Waals surface area contributed by atoms with Gasteiger partial charge < -0.3 is 15.7 Å². The summed E-state index contributed by atoms with van der Waals surface area (Å²) in [5, 5.41) is 21.9. The highest BCUT2D eigenvalue weighted by Crippen LogP contribution is 2.48. The van der Waals surface area contributed by atoms with E-state index in [9.17, 15) is 5.11 Å². The number of aliphatic hydroxyl groups is 1. The maximum absolute atomic E-state index is 10.5. The van der Waals surface area contributed by atoms with E-state index in [-0.39, 0.29) is 0 Å². The third kappa shape index (κ3) is 4.22. The number of rotatable bonds is 8. The van der Waals surface area contributed by atoms with Gasteiger partial charge in [0.25, 0.3) is 0 Å². The third-order valence-corrected chi connectivity index (χ3v) is 5.87. The first-order chi connectivity index (χ1) is 15.2. The zero-order chi connectivity index (χ0) is 21.2. The molecule has 4 aromatic rings. The molecule has 0 bridgehead atoms. The van der Waals surface area contributed by atoms with E-state index in [2.05, 4.69) is 27.6 Å². The van der Waals surface area contributed by atoms with E-state index in [1.54, 1.807) is 6.20 Å². The summed E-state index contributed by atoms with van der Waals surface area (Å²) in [4.78, 5) is 9.02. The van der Waals surface area contributed by atoms with Crippen LogP contribution in [0, 0.1) is 5.92 Å². The Kier molecular flexibility index (Phi) is 5.26. The van der Waals surface area contributed by atoms with Crippen LogP contribution in [0.2, 0.25) is 0 Å². The van der Waals surface area contributed by atoms with E-state index in [0.717, 1.165) is 22.6 Å². The second kappa shape index (κ2) is 8.35. The number of hydrogen-bond acceptors (Lipinski definition) is 6. The highest BCUT2D eigenvalue weighted by molar-refractivity contribution is 5.62. The van der Waals surface area contributed by atoms with Crippen molar-refractivity contribution in [3.63, 3.8) is 0 Å². The average molecular weight is 415 g/mol. The van der Waals surface area contributed by atoms with Crippen LogP contribution in [-0.2, 0) is 6.54 Å². The van der Waals surface area contributed by atoms with Crippen LogP contribution in [0.5, 0.6) is 0 Å². The SMILES string of the molecule is C[C@@H]1CC1c1cnn2c(NCc3cccnc3)cc(NCC(O)c3ccccc3)nc12. The fraction of sp³-hybridized carbons (Fsp3) is 0.292. The number of aliphatic hydroxyl groups excluding tert-OH is 1. The summed E-state index contributed by atoms with van der Waals surface area (Å²) < 4.78 is 1.87. The molecule has 0 saturated heterocycles. The second-order valence-corrected chi connectivity index (χ2v) is 8.20. The first kappa shape index (κ1) is 19.5. The van der Waals surface area contributed by atoms with Crippen molar-refractivity contribution in [1.29, 1.82) is 0 Å². The molecule has 1 saturated carbocycles. The van der Waals surface area contributed by atoms with Crippen molar-refractivity contribution in [3.05, 3.63) is 83.8 Å². The smallest absolute Gasteiger partial charge is 0.163 e. The zero-order valence-corrected chi connectivity index (χ0v) is 17.4. The minimum absolute atomic E-state index is 0.374. The molecule has 7 nitrogen and oxygen atoms in total. The van der Waals surface area contributed by atoms with Crippen molar-refractivity contribution in [3.8, 4) is 0 Å². The molecule has 3 heterocycles. The second-order valence-electron chi connectivity index (χ2n) is 8.20. The van der Waals surface area contributed by atoms with Crippen LogP contribution in [0.3, 0.4) is 0 Å². The Bertz CT molecular complexity index is 1160. The third-order valence-electron chi connectivity index (χ3n) is 5.87. The molecule has 3 atom stereocenters. The van der Waals surface area contributed by atoms with Crippen LogP contribution in [0.25, 0.3) is 5.65 Å². The molecule has 0 amide bonds. The number of hydrogen-bond donors (Lipinski definition) is 3. The predicted molar refractivity (Wildman–Crippen MR) is 121 cm³/mol. The molecule has 3 aromatic heterocycles. The topological polar surface area (TPSA) is 87.4 Å². The van der Waals surface area contributed by atoms with E-state index >= 15 is 0 Å². The van der Waals surface area contributed by atoms with Crippen LogP contribution < -0.4 is 10.6 Å². The molecule has 1 aliphatic carbocycles. The summed E-state index contributed by atoms with van der Waals surface area (Å²) in [6.07, 6.45) is 6.12. The summed E-state index contributed by atoms with van der Waals surface area (Å²) in [5.41, 5.74) is 4.01. The monoisotopic (exact) mass is 414 g/mol. The summed E-state index contributed by atoms with van der Waals surface area (Å²) in [7, 11) is 0. The van der Waals surface area contributed by atoms with Crippen LogP contribution in [0.1, 0.15) is 42.1 Å². The Hall–Kier alpha value is -3.45. The van der Waals surface area contributed by atoms with Crippen LogP contribution in [0.15, 0.2) is 67.1 Å². The lowest BCUT2D eigenvalue weighted by atomic mass is 10.1. The molecule has 7 heteroatoms. The molecule has 1 fully saturated rings. The fourth-order valence-electron chi connectivity index (χ4n) is 3.90. The van der Waals surface area contributed by atoms with Crippen LogP contribution in [-0.4, -0.2) is 31.2 Å². The molecule has 31 heavy (non-hydrogen) atoms. The Balaban J connectivity index is 1.41. The van der Waals surface area contributed by atoms with Gasteiger partial charge >= 0.3 is 0 Å². The number of aromatic nitrogens is 4. The summed E-state index contributed by atoms with van der Waals surface area (Å²) in [6.45, 7) is 3.26. The Labute approximate surface area is 181 Å². The van der Waals surface area contributed by atoms with Gasteiger partial charge in [0.2, 0.25) is 0 Å². The molecule has 158 valence electrons. The highest BCUT2D eigenvalue weighted by Gasteiger charge is 2.37. The summed E-state index contributed by atoms with van der Waals surface area (Å²) >= 11 is 0. The number of pyridine rings is 1. The van der Waals surface area contributed by atoms with E-state index in [0.29, 0.717) is 30.7 Å². The molecule has 5 rings (SSSR count). The number of nitrogens with zero attached hydrogens (tertiary/aromatic N) is 4. The zero-order valence-electron chi connectivity index (χ0n) is 17.4. The molecule has 1 aliphatic rings. The van der Waals surface area contributed by atoms with E-state index in [1.165, 1.54) is 12.0 Å². The van der Waals surface area contributed by atoms with Crippen LogP contribution >= 0.6 is 0 Å². The molecular weight excluding hydrogens is 388 g/mol. The lowest BCUT2D eigenvalue weighted by Gasteiger charge is -2.15. The van der Waals surface area contributed by atoms with Crippen molar-refractivity contribution in [2.45, 2.75) is 31.9 Å². The Morgan fingerprint density at radius 2 is 1.97 bits per heavy atom. The minimum Gasteiger partial charge on any atom is -0.387 e. The van der Waals surface area contributed by atoms with Gasteiger partial charge in [0, 0.05) is 37.1 Å².